The van der Waals surface area contributed by atoms with Crippen LogP contribution in [0, 0.1) is 0 Å². The van der Waals surface area contributed by atoms with Crippen LogP contribution in [0.1, 0.15) is 142 Å². The Hall–Kier alpha value is -2.81. The molecule has 9 nitrogen and oxygen atoms in total. The van der Waals surface area contributed by atoms with E-state index in [1.165, 1.54) is 25.7 Å². The lowest BCUT2D eigenvalue weighted by Gasteiger charge is -2.19. The van der Waals surface area contributed by atoms with Crippen LogP contribution in [-0.2, 0) is 32.7 Å². The summed E-state index contributed by atoms with van der Waals surface area (Å²) in [5.41, 5.74) is 5.33. The lowest BCUT2D eigenvalue weighted by atomic mass is 10.1. The van der Waals surface area contributed by atoms with E-state index in [9.17, 15) is 19.0 Å². The lowest BCUT2D eigenvalue weighted by Crippen LogP contribution is -2.29. The Morgan fingerprint density at radius 2 is 1.02 bits per heavy atom. The van der Waals surface area contributed by atoms with Gasteiger partial charge in [0.05, 0.1) is 13.2 Å². The molecule has 3 N–H and O–H groups in total. The zero-order valence-electron chi connectivity index (χ0n) is 33.0. The Morgan fingerprint density at radius 1 is 0.566 bits per heavy atom. The molecule has 0 saturated carbocycles. The van der Waals surface area contributed by atoms with E-state index in [4.69, 9.17) is 24.3 Å². The van der Waals surface area contributed by atoms with Crippen LogP contribution >= 0.6 is 7.82 Å². The highest BCUT2D eigenvalue weighted by Gasteiger charge is 2.25. The van der Waals surface area contributed by atoms with Crippen molar-refractivity contribution in [1.29, 1.82) is 0 Å². The molecule has 53 heavy (non-hydrogen) atoms. The van der Waals surface area contributed by atoms with Crippen LogP contribution in [0.4, 0.5) is 0 Å². The second-order valence-corrected chi connectivity index (χ2v) is 14.2. The Kier molecular flexibility index (Phi) is 36.8. The largest absolute Gasteiger partial charge is 0.472 e. The van der Waals surface area contributed by atoms with E-state index in [1.54, 1.807) is 0 Å². The Labute approximate surface area is 322 Å². The lowest BCUT2D eigenvalue weighted by molar-refractivity contribution is -0.161. The van der Waals surface area contributed by atoms with Crippen molar-refractivity contribution in [2.75, 3.05) is 26.4 Å². The summed E-state index contributed by atoms with van der Waals surface area (Å²) in [6.45, 7) is 3.52. The highest BCUT2D eigenvalue weighted by Crippen LogP contribution is 2.43. The molecule has 0 aromatic carbocycles. The first kappa shape index (κ1) is 50.2. The maximum absolute atomic E-state index is 12.5. The van der Waals surface area contributed by atoms with E-state index >= 15 is 0 Å². The number of phosphoric ester groups is 1. The van der Waals surface area contributed by atoms with Gasteiger partial charge in [-0.25, -0.2) is 4.57 Å². The summed E-state index contributed by atoms with van der Waals surface area (Å²) >= 11 is 0. The quantitative estimate of drug-likeness (QED) is 0.0277. The van der Waals surface area contributed by atoms with Gasteiger partial charge in [-0.05, 0) is 89.9 Å². The van der Waals surface area contributed by atoms with Crippen LogP contribution in [0.15, 0.2) is 85.1 Å². The molecule has 0 bridgehead atoms. The van der Waals surface area contributed by atoms with Crippen molar-refractivity contribution in [3.63, 3.8) is 0 Å². The third-order valence-corrected chi connectivity index (χ3v) is 8.72. The Bertz CT molecular complexity index is 1140. The fourth-order valence-corrected chi connectivity index (χ4v) is 5.51. The number of ether oxygens (including phenoxy) is 2. The van der Waals surface area contributed by atoms with Crippen molar-refractivity contribution in [1.82, 2.24) is 0 Å². The Morgan fingerprint density at radius 3 is 1.53 bits per heavy atom. The van der Waals surface area contributed by atoms with Gasteiger partial charge in [0, 0.05) is 19.4 Å². The van der Waals surface area contributed by atoms with E-state index in [-0.39, 0.29) is 32.6 Å². The Balaban J connectivity index is 4.36. The minimum Gasteiger partial charge on any atom is -0.462 e. The molecule has 0 amide bonds. The van der Waals surface area contributed by atoms with Crippen molar-refractivity contribution >= 4 is 19.8 Å². The summed E-state index contributed by atoms with van der Waals surface area (Å²) in [4.78, 5) is 34.8. The molecule has 0 saturated heterocycles. The van der Waals surface area contributed by atoms with Crippen LogP contribution in [0.3, 0.4) is 0 Å². The molecular formula is C43H72NO8P. The van der Waals surface area contributed by atoms with Gasteiger partial charge >= 0.3 is 19.8 Å². The van der Waals surface area contributed by atoms with Crippen molar-refractivity contribution in [2.45, 2.75) is 148 Å². The highest BCUT2D eigenvalue weighted by atomic mass is 31.2. The second-order valence-electron chi connectivity index (χ2n) is 12.8. The van der Waals surface area contributed by atoms with Crippen LogP contribution < -0.4 is 5.73 Å². The van der Waals surface area contributed by atoms with E-state index in [0.717, 1.165) is 77.0 Å². The number of rotatable bonds is 36. The van der Waals surface area contributed by atoms with Crippen molar-refractivity contribution in [3.8, 4) is 0 Å². The average molecular weight is 762 g/mol. The third kappa shape index (κ3) is 38.7. The van der Waals surface area contributed by atoms with Crippen LogP contribution in [0.25, 0.3) is 0 Å². The van der Waals surface area contributed by atoms with Gasteiger partial charge in [-0.2, -0.15) is 0 Å². The number of phosphoric acid groups is 1. The highest BCUT2D eigenvalue weighted by molar-refractivity contribution is 7.47. The van der Waals surface area contributed by atoms with Crippen LogP contribution in [-0.4, -0.2) is 49.3 Å². The zero-order valence-corrected chi connectivity index (χ0v) is 33.9. The fourth-order valence-electron chi connectivity index (χ4n) is 4.75. The zero-order chi connectivity index (χ0) is 38.9. The van der Waals surface area contributed by atoms with Gasteiger partial charge in [0.1, 0.15) is 6.61 Å². The molecule has 0 aromatic rings. The van der Waals surface area contributed by atoms with Gasteiger partial charge in [-0.1, -0.05) is 125 Å². The van der Waals surface area contributed by atoms with Crippen LogP contribution in [0.5, 0.6) is 0 Å². The van der Waals surface area contributed by atoms with Gasteiger partial charge < -0.3 is 20.1 Å². The van der Waals surface area contributed by atoms with Crippen molar-refractivity contribution < 1.29 is 37.6 Å². The summed E-state index contributed by atoms with van der Waals surface area (Å²) in [6, 6.07) is 0. The van der Waals surface area contributed by atoms with E-state index in [1.807, 2.05) is 0 Å². The number of carbonyl (C=O) groups is 2. The predicted octanol–water partition coefficient (Wildman–Crippen LogP) is 11.3. The van der Waals surface area contributed by atoms with Gasteiger partial charge in [0.15, 0.2) is 6.10 Å². The minimum absolute atomic E-state index is 0.0379. The number of nitrogens with two attached hydrogens (primary N) is 1. The molecule has 10 heteroatoms. The summed E-state index contributed by atoms with van der Waals surface area (Å²) in [5, 5.41) is 0. The first-order valence-electron chi connectivity index (χ1n) is 20.1. The average Bonchev–Trinajstić information content (AvgIpc) is 3.14. The molecule has 0 rings (SSSR count). The molecule has 0 aliphatic carbocycles. The van der Waals surface area contributed by atoms with Crippen molar-refractivity contribution in [3.05, 3.63) is 85.1 Å². The number of carbonyl (C=O) groups excluding carboxylic acids is 2. The molecule has 0 aliphatic heterocycles. The molecular weight excluding hydrogens is 689 g/mol. The molecule has 0 spiro atoms. The number of unbranched alkanes of at least 4 members (excludes halogenated alkanes) is 9. The molecule has 0 aromatic heterocycles. The predicted molar refractivity (Wildman–Crippen MR) is 219 cm³/mol. The molecule has 0 fully saturated rings. The molecule has 2 atom stereocenters. The van der Waals surface area contributed by atoms with E-state index < -0.39 is 32.5 Å². The van der Waals surface area contributed by atoms with Gasteiger partial charge in [0.2, 0.25) is 0 Å². The van der Waals surface area contributed by atoms with Crippen molar-refractivity contribution in [2.24, 2.45) is 5.73 Å². The smallest absolute Gasteiger partial charge is 0.462 e. The third-order valence-electron chi connectivity index (χ3n) is 7.73. The molecule has 0 radical (unpaired) electrons. The maximum atomic E-state index is 12.5. The number of allylic oxidation sites excluding steroid dienone is 14. The summed E-state index contributed by atoms with van der Waals surface area (Å²) in [5.74, 6) is -0.920. The second kappa shape index (κ2) is 38.9. The van der Waals surface area contributed by atoms with E-state index in [2.05, 4.69) is 98.9 Å². The van der Waals surface area contributed by atoms with Gasteiger partial charge in [-0.3, -0.25) is 18.6 Å². The van der Waals surface area contributed by atoms with E-state index in [0.29, 0.717) is 12.8 Å². The topological polar surface area (TPSA) is 134 Å². The first-order valence-corrected chi connectivity index (χ1v) is 21.6. The first-order chi connectivity index (χ1) is 25.8. The molecule has 1 unspecified atom stereocenters. The maximum Gasteiger partial charge on any atom is 0.472 e. The number of hydrogen-bond donors (Lipinski definition) is 2. The monoisotopic (exact) mass is 761 g/mol. The van der Waals surface area contributed by atoms with Crippen LogP contribution in [0.2, 0.25) is 0 Å². The summed E-state index contributed by atoms with van der Waals surface area (Å²) in [6.07, 6.45) is 47.6. The van der Waals surface area contributed by atoms with Gasteiger partial charge in [0.25, 0.3) is 0 Å². The molecule has 302 valence electrons. The standard InChI is InChI=1S/C43H72NO8P/c1-3-5-7-9-11-13-15-17-19-20-22-24-26-28-30-32-34-36-43(46)52-41(40-51-53(47,48)50-38-37-44)39-49-42(45)35-33-31-29-27-25-23-21-18-16-14-12-10-8-6-4-2/h7,9,12-15,18-21,24-27,41H,3-6,8,10-11,16-17,22-23,28-40,44H2,1-2H3,(H,47,48)/b9-7+,14-12+,15-13+,20-19+,21-18+,26-24+,27-25+/t41-/m1/s1. The number of hydrogen-bond acceptors (Lipinski definition) is 8. The molecule has 0 heterocycles. The summed E-state index contributed by atoms with van der Waals surface area (Å²) < 4.78 is 32.6. The number of esters is 2. The van der Waals surface area contributed by atoms with Gasteiger partial charge in [-0.15, -0.1) is 0 Å². The minimum atomic E-state index is -4.40. The summed E-state index contributed by atoms with van der Waals surface area (Å²) in [7, 11) is -4.40. The normalized spacial score (nSPS) is 14.3. The molecule has 0 aliphatic rings. The SMILES string of the molecule is CCC/C=C/C/C=C/C/C=C/C/C=C/CCCCCC(=O)O[C@H](COC(=O)CCCC/C=C/C/C=C/C/C=C/CCCCC)COP(=O)(O)OCCN. The fraction of sp³-hybridized carbons (Fsp3) is 0.628.